The molecule has 0 N–H and O–H groups in total. The van der Waals surface area contributed by atoms with Crippen molar-refractivity contribution in [3.8, 4) is 0 Å². The summed E-state index contributed by atoms with van der Waals surface area (Å²) in [5.41, 5.74) is 0. The van der Waals surface area contributed by atoms with Crippen LogP contribution in [0.4, 0.5) is 0 Å². The molecule has 16 nitrogen and oxygen atoms in total. The van der Waals surface area contributed by atoms with E-state index in [-0.39, 0.29) is 23.9 Å². The summed E-state index contributed by atoms with van der Waals surface area (Å²) in [5.74, 6) is 0. The summed E-state index contributed by atoms with van der Waals surface area (Å²) in [6, 6.07) is 0. The van der Waals surface area contributed by atoms with Crippen LogP contribution in [-0.4, -0.2) is 23.9 Å². The number of halogens is 4. The van der Waals surface area contributed by atoms with Gasteiger partial charge in [-0.1, -0.05) is 0 Å². The molecule has 0 amide bonds. The van der Waals surface area contributed by atoms with E-state index in [0.29, 0.717) is 0 Å². The minimum Gasteiger partial charge on any atom is -0.222 e. The van der Waals surface area contributed by atoms with Crippen molar-refractivity contribution < 1.29 is 116 Å². The van der Waals surface area contributed by atoms with E-state index in [1.54, 1.807) is 0 Å². The maximum Gasteiger partial charge on any atom is 4.00 e. The molecule has 0 rings (SSSR count). The molecule has 0 spiro atoms. The van der Waals surface area contributed by atoms with Gasteiger partial charge in [0, 0.05) is 0 Å². The molecule has 0 aromatic heterocycles. The van der Waals surface area contributed by atoms with E-state index >= 15 is 0 Å². The van der Waals surface area contributed by atoms with E-state index in [1.165, 1.54) is 0 Å². The van der Waals surface area contributed by atoms with E-state index in [9.17, 15) is 0 Å². The van der Waals surface area contributed by atoms with E-state index in [4.69, 9.17) is 74.5 Å². The quantitative estimate of drug-likeness (QED) is 0.269. The Hall–Kier alpha value is 1.32. The molecule has 0 saturated carbocycles. The van der Waals surface area contributed by atoms with Crippen molar-refractivity contribution in [2.75, 3.05) is 0 Å². The molecule has 0 unspecified atom stereocenters. The summed E-state index contributed by atoms with van der Waals surface area (Å²) >= 11 is 0. The van der Waals surface area contributed by atoms with Gasteiger partial charge in [0.25, 0.3) is 0 Å². The van der Waals surface area contributed by atoms with Gasteiger partial charge in [-0.25, -0.2) is 74.5 Å². The molecule has 0 aliphatic rings. The Morgan fingerprint density at radius 1 is 0.238 bits per heavy atom. The second kappa shape index (κ2) is 13.7. The van der Waals surface area contributed by atoms with Crippen LogP contribution in [0.5, 0.6) is 0 Å². The number of hydrogen-bond donors (Lipinski definition) is 0. The standard InChI is InChI=1S/4ClHO4.Sn/c4*2-1(3,4)5;/h4*(H,2,3,4,5);/q;;;;+4/p-4. The molecule has 0 aliphatic heterocycles. The van der Waals surface area contributed by atoms with Crippen molar-refractivity contribution in [3.63, 3.8) is 0 Å². The molecular formula is Cl4O16Sn. The van der Waals surface area contributed by atoms with Crippen molar-refractivity contribution in [2.45, 2.75) is 0 Å². The minimum atomic E-state index is -4.94. The zero-order valence-corrected chi connectivity index (χ0v) is 14.4. The van der Waals surface area contributed by atoms with Gasteiger partial charge >= 0.3 is 23.9 Å². The van der Waals surface area contributed by atoms with Gasteiger partial charge in [0.05, 0.1) is 0 Å². The van der Waals surface area contributed by atoms with E-state index in [0.717, 1.165) is 0 Å². The summed E-state index contributed by atoms with van der Waals surface area (Å²) in [6.45, 7) is 0. The largest absolute Gasteiger partial charge is 4.00 e. The molecule has 0 aromatic carbocycles. The van der Waals surface area contributed by atoms with Gasteiger partial charge in [-0.05, 0) is 0 Å². The van der Waals surface area contributed by atoms with Crippen molar-refractivity contribution in [1.29, 1.82) is 0 Å². The van der Waals surface area contributed by atoms with Gasteiger partial charge in [-0.3, -0.25) is 0 Å². The average Bonchev–Trinajstić information content (AvgIpc) is 1.62. The summed E-state index contributed by atoms with van der Waals surface area (Å²) in [7, 11) is -19.8. The molecule has 21 heteroatoms. The Kier molecular flexibility index (Phi) is 22.1. The van der Waals surface area contributed by atoms with Crippen molar-refractivity contribution in [3.05, 3.63) is 0 Å². The van der Waals surface area contributed by atoms with Crippen molar-refractivity contribution >= 4 is 23.9 Å². The molecule has 0 bridgehead atoms. The van der Waals surface area contributed by atoms with Crippen LogP contribution in [-0.2, 0) is 0 Å². The number of rotatable bonds is 0. The molecule has 0 aliphatic carbocycles. The van der Waals surface area contributed by atoms with Crippen molar-refractivity contribution in [1.82, 2.24) is 0 Å². The molecule has 0 atom stereocenters. The SMILES string of the molecule is [O-][Cl+3]([O-])([O-])[O-].[O-][Cl+3]([O-])([O-])[O-].[O-][Cl+3]([O-])([O-])[O-].[O-][Cl+3]([O-])([O-])[O-].[Sn+4]. The Bertz CT molecular complexity index is 130. The summed E-state index contributed by atoms with van der Waals surface area (Å²) < 4.78 is 136. The molecule has 0 fully saturated rings. The molecule has 0 heterocycles. The van der Waals surface area contributed by atoms with Crippen LogP contribution in [0.3, 0.4) is 0 Å². The Morgan fingerprint density at radius 3 is 0.238 bits per heavy atom. The fourth-order valence-corrected chi connectivity index (χ4v) is 0. The third-order valence-corrected chi connectivity index (χ3v) is 0. The fraction of sp³-hybridized carbons (Fsp3) is 0. The second-order valence-electron chi connectivity index (χ2n) is 1.51. The first kappa shape index (κ1) is 33.8. The van der Waals surface area contributed by atoms with E-state index < -0.39 is 41.0 Å². The van der Waals surface area contributed by atoms with Crippen LogP contribution >= 0.6 is 0 Å². The number of hydrogen-bond acceptors (Lipinski definition) is 16. The molecule has 0 saturated heterocycles. The Labute approximate surface area is 139 Å². The third-order valence-electron chi connectivity index (χ3n) is 0. The van der Waals surface area contributed by atoms with E-state index in [2.05, 4.69) is 0 Å². The maximum atomic E-state index is 8.49. The molecule has 128 valence electrons. The second-order valence-corrected chi connectivity index (χ2v) is 4.54. The van der Waals surface area contributed by atoms with Crippen LogP contribution in [0.2, 0.25) is 0 Å². The fourth-order valence-electron chi connectivity index (χ4n) is 0. The van der Waals surface area contributed by atoms with Gasteiger partial charge in [0.15, 0.2) is 0 Å². The van der Waals surface area contributed by atoms with E-state index in [1.807, 2.05) is 0 Å². The average molecular weight is 517 g/mol. The Morgan fingerprint density at radius 2 is 0.238 bits per heavy atom. The summed E-state index contributed by atoms with van der Waals surface area (Å²) in [5, 5.41) is 0. The normalized spacial score (nSPS) is 11.4. The smallest absolute Gasteiger partial charge is 0.222 e. The maximum absolute atomic E-state index is 8.49. The van der Waals surface area contributed by atoms with Crippen LogP contribution in [0.1, 0.15) is 0 Å². The molecule has 0 radical (unpaired) electrons. The first-order valence-electron chi connectivity index (χ1n) is 2.47. The predicted octanol–water partition coefficient (Wildman–Crippen LogP) is -19.4. The monoisotopic (exact) mass is 516 g/mol. The predicted molar refractivity (Wildman–Crippen MR) is 5.75 cm³/mol. The molecular weight excluding hydrogens is 517 g/mol. The van der Waals surface area contributed by atoms with Crippen LogP contribution < -0.4 is 74.5 Å². The van der Waals surface area contributed by atoms with Crippen molar-refractivity contribution in [2.24, 2.45) is 0 Å². The van der Waals surface area contributed by atoms with Gasteiger partial charge < -0.3 is 0 Å². The van der Waals surface area contributed by atoms with Gasteiger partial charge in [0.2, 0.25) is 0 Å². The zero-order chi connectivity index (χ0) is 18.0. The zero-order valence-electron chi connectivity index (χ0n) is 8.54. The third kappa shape index (κ3) is 4580. The van der Waals surface area contributed by atoms with Crippen LogP contribution in [0.15, 0.2) is 0 Å². The van der Waals surface area contributed by atoms with Gasteiger partial charge in [0.1, 0.15) is 0 Å². The molecule has 21 heavy (non-hydrogen) atoms. The topological polar surface area (TPSA) is 369 Å². The summed E-state index contributed by atoms with van der Waals surface area (Å²) in [6.07, 6.45) is 0. The van der Waals surface area contributed by atoms with Gasteiger partial charge in [-0.15, -0.1) is 41.0 Å². The summed E-state index contributed by atoms with van der Waals surface area (Å²) in [4.78, 5) is 0. The van der Waals surface area contributed by atoms with Crippen LogP contribution in [0, 0.1) is 41.0 Å². The Balaban J connectivity index is -0.0000000533. The molecule has 0 aromatic rings. The first-order valence-corrected chi connectivity index (χ1v) is 7.41. The first-order chi connectivity index (χ1) is 8.00. The van der Waals surface area contributed by atoms with Crippen LogP contribution in [0.25, 0.3) is 0 Å². The minimum absolute atomic E-state index is 0. The van der Waals surface area contributed by atoms with Gasteiger partial charge in [-0.2, -0.15) is 0 Å².